The summed E-state index contributed by atoms with van der Waals surface area (Å²) in [4.78, 5) is 10.4. The Labute approximate surface area is 130 Å². The normalized spacial score (nSPS) is 10.4. The number of hydrogen-bond acceptors (Lipinski definition) is 3. The van der Waals surface area contributed by atoms with E-state index in [1.807, 2.05) is 6.07 Å². The standard InChI is InChI=1S/C15H14BrFN2O2/c1-10-7-14(13(16)9-15(10)19(20)21)18-6-5-11-3-2-4-12(17)8-11/h2-4,7-9,18H,5-6H2,1H3. The van der Waals surface area contributed by atoms with Gasteiger partial charge in [-0.15, -0.1) is 0 Å². The summed E-state index contributed by atoms with van der Waals surface area (Å²) in [6.07, 6.45) is 0.667. The molecule has 0 heterocycles. The van der Waals surface area contributed by atoms with Crippen LogP contribution in [0.25, 0.3) is 0 Å². The smallest absolute Gasteiger partial charge is 0.273 e. The van der Waals surface area contributed by atoms with Crippen molar-refractivity contribution in [1.82, 2.24) is 0 Å². The Balaban J connectivity index is 2.04. The highest BCUT2D eigenvalue weighted by molar-refractivity contribution is 9.10. The third-order valence-corrected chi connectivity index (χ3v) is 3.76. The second-order valence-corrected chi connectivity index (χ2v) is 5.54. The number of nitro groups is 1. The van der Waals surface area contributed by atoms with E-state index >= 15 is 0 Å². The molecule has 0 aliphatic rings. The van der Waals surface area contributed by atoms with Crippen LogP contribution in [0.1, 0.15) is 11.1 Å². The number of nitro benzene ring substituents is 1. The molecule has 0 bridgehead atoms. The first kappa shape index (κ1) is 15.4. The number of nitrogens with zero attached hydrogens (tertiary/aromatic N) is 1. The van der Waals surface area contributed by atoms with Gasteiger partial charge >= 0.3 is 0 Å². The van der Waals surface area contributed by atoms with Crippen LogP contribution in [0.15, 0.2) is 40.9 Å². The van der Waals surface area contributed by atoms with Crippen molar-refractivity contribution in [2.24, 2.45) is 0 Å². The van der Waals surface area contributed by atoms with E-state index in [4.69, 9.17) is 0 Å². The fourth-order valence-corrected chi connectivity index (χ4v) is 2.51. The second-order valence-electron chi connectivity index (χ2n) is 4.68. The molecule has 0 amide bonds. The second kappa shape index (κ2) is 6.67. The topological polar surface area (TPSA) is 55.2 Å². The molecule has 1 N–H and O–H groups in total. The molecule has 0 radical (unpaired) electrons. The van der Waals surface area contributed by atoms with E-state index < -0.39 is 4.92 Å². The van der Waals surface area contributed by atoms with Gasteiger partial charge in [0.25, 0.3) is 5.69 Å². The molecule has 0 atom stereocenters. The van der Waals surface area contributed by atoms with Crippen LogP contribution in [0.2, 0.25) is 0 Å². The molecular weight excluding hydrogens is 339 g/mol. The Morgan fingerprint density at radius 2 is 2.10 bits per heavy atom. The maximum Gasteiger partial charge on any atom is 0.273 e. The van der Waals surface area contributed by atoms with E-state index in [2.05, 4.69) is 21.2 Å². The lowest BCUT2D eigenvalue weighted by Gasteiger charge is -2.10. The van der Waals surface area contributed by atoms with Crippen molar-refractivity contribution < 1.29 is 9.31 Å². The molecule has 2 rings (SSSR count). The Kier molecular flexibility index (Phi) is 4.90. The summed E-state index contributed by atoms with van der Waals surface area (Å²) in [5.41, 5.74) is 2.36. The van der Waals surface area contributed by atoms with Crippen LogP contribution < -0.4 is 5.32 Å². The van der Waals surface area contributed by atoms with Crippen molar-refractivity contribution in [1.29, 1.82) is 0 Å². The molecule has 0 spiro atoms. The molecule has 0 aromatic heterocycles. The minimum Gasteiger partial charge on any atom is -0.384 e. The highest BCUT2D eigenvalue weighted by atomic mass is 79.9. The summed E-state index contributed by atoms with van der Waals surface area (Å²) in [5, 5.41) is 14.0. The van der Waals surface area contributed by atoms with E-state index in [1.54, 1.807) is 19.1 Å². The summed E-state index contributed by atoms with van der Waals surface area (Å²) in [7, 11) is 0. The summed E-state index contributed by atoms with van der Waals surface area (Å²) >= 11 is 3.32. The van der Waals surface area contributed by atoms with Crippen LogP contribution in [-0.2, 0) is 6.42 Å². The molecule has 0 fully saturated rings. The molecular formula is C15H14BrFN2O2. The number of nitrogens with one attached hydrogen (secondary N) is 1. The van der Waals surface area contributed by atoms with Crippen LogP contribution in [0.3, 0.4) is 0 Å². The molecule has 0 aliphatic carbocycles. The maximum absolute atomic E-state index is 13.1. The number of halogens is 2. The van der Waals surface area contributed by atoms with Crippen molar-refractivity contribution in [2.45, 2.75) is 13.3 Å². The highest BCUT2D eigenvalue weighted by Crippen LogP contribution is 2.30. The summed E-state index contributed by atoms with van der Waals surface area (Å²) in [6, 6.07) is 9.66. The van der Waals surface area contributed by atoms with Crippen LogP contribution in [0.5, 0.6) is 0 Å². The van der Waals surface area contributed by atoms with E-state index in [1.165, 1.54) is 18.2 Å². The first-order chi connectivity index (χ1) is 9.97. The number of aryl methyl sites for hydroxylation is 1. The SMILES string of the molecule is Cc1cc(NCCc2cccc(F)c2)c(Br)cc1[N+](=O)[O-]. The van der Waals surface area contributed by atoms with Crippen LogP contribution in [0.4, 0.5) is 15.8 Å². The fourth-order valence-electron chi connectivity index (χ4n) is 2.04. The van der Waals surface area contributed by atoms with Gasteiger partial charge in [0.1, 0.15) is 5.82 Å². The zero-order valence-electron chi connectivity index (χ0n) is 11.4. The first-order valence-corrected chi connectivity index (χ1v) is 7.19. The third-order valence-electron chi connectivity index (χ3n) is 3.10. The first-order valence-electron chi connectivity index (χ1n) is 6.40. The predicted octanol–water partition coefficient (Wildman–Crippen LogP) is 4.46. The molecule has 6 heteroatoms. The zero-order valence-corrected chi connectivity index (χ0v) is 13.0. The van der Waals surface area contributed by atoms with Crippen molar-refractivity contribution in [3.05, 3.63) is 67.9 Å². The Morgan fingerprint density at radius 1 is 1.33 bits per heavy atom. The number of hydrogen-bond donors (Lipinski definition) is 1. The van der Waals surface area contributed by atoms with E-state index in [0.717, 1.165) is 11.3 Å². The summed E-state index contributed by atoms with van der Waals surface area (Å²) in [6.45, 7) is 2.31. The molecule has 0 saturated heterocycles. The minimum absolute atomic E-state index is 0.0811. The van der Waals surface area contributed by atoms with Crippen molar-refractivity contribution in [3.8, 4) is 0 Å². The Bertz CT molecular complexity index is 677. The van der Waals surface area contributed by atoms with Gasteiger partial charge < -0.3 is 5.32 Å². The van der Waals surface area contributed by atoms with Gasteiger partial charge in [0, 0.05) is 28.3 Å². The molecule has 2 aromatic carbocycles. The lowest BCUT2D eigenvalue weighted by atomic mass is 10.1. The molecule has 0 saturated carbocycles. The zero-order chi connectivity index (χ0) is 15.4. The van der Waals surface area contributed by atoms with Gasteiger partial charge in [-0.3, -0.25) is 10.1 Å². The average Bonchev–Trinajstić information content (AvgIpc) is 2.42. The van der Waals surface area contributed by atoms with E-state index in [9.17, 15) is 14.5 Å². The summed E-state index contributed by atoms with van der Waals surface area (Å²) < 4.78 is 13.7. The Morgan fingerprint density at radius 3 is 2.76 bits per heavy atom. The molecule has 21 heavy (non-hydrogen) atoms. The lowest BCUT2D eigenvalue weighted by Crippen LogP contribution is -2.06. The molecule has 110 valence electrons. The molecule has 0 aliphatic heterocycles. The number of anilines is 1. The van der Waals surface area contributed by atoms with Gasteiger partial charge in [-0.05, 0) is 53.0 Å². The summed E-state index contributed by atoms with van der Waals surface area (Å²) in [5.74, 6) is -0.250. The average molecular weight is 353 g/mol. The van der Waals surface area contributed by atoms with Gasteiger partial charge in [-0.1, -0.05) is 12.1 Å². The van der Waals surface area contributed by atoms with E-state index in [0.29, 0.717) is 23.0 Å². The highest BCUT2D eigenvalue weighted by Gasteiger charge is 2.13. The van der Waals surface area contributed by atoms with Gasteiger partial charge in [0.15, 0.2) is 0 Å². The molecule has 4 nitrogen and oxygen atoms in total. The Hall–Kier alpha value is -1.95. The van der Waals surface area contributed by atoms with E-state index in [-0.39, 0.29) is 11.5 Å². The lowest BCUT2D eigenvalue weighted by molar-refractivity contribution is -0.385. The molecule has 0 unspecified atom stereocenters. The van der Waals surface area contributed by atoms with Gasteiger partial charge in [0.05, 0.1) is 4.92 Å². The maximum atomic E-state index is 13.1. The van der Waals surface area contributed by atoms with Crippen LogP contribution in [0, 0.1) is 22.9 Å². The molecule has 2 aromatic rings. The van der Waals surface area contributed by atoms with Gasteiger partial charge in [0.2, 0.25) is 0 Å². The monoisotopic (exact) mass is 352 g/mol. The van der Waals surface area contributed by atoms with Gasteiger partial charge in [-0.25, -0.2) is 4.39 Å². The van der Waals surface area contributed by atoms with Crippen molar-refractivity contribution in [2.75, 3.05) is 11.9 Å². The van der Waals surface area contributed by atoms with Gasteiger partial charge in [-0.2, -0.15) is 0 Å². The minimum atomic E-state index is -0.406. The van der Waals surface area contributed by atoms with Crippen molar-refractivity contribution >= 4 is 27.3 Å². The number of benzene rings is 2. The van der Waals surface area contributed by atoms with Crippen molar-refractivity contribution in [3.63, 3.8) is 0 Å². The quantitative estimate of drug-likeness (QED) is 0.638. The largest absolute Gasteiger partial charge is 0.384 e. The fraction of sp³-hybridized carbons (Fsp3) is 0.200. The van der Waals surface area contributed by atoms with Crippen LogP contribution in [-0.4, -0.2) is 11.5 Å². The number of rotatable bonds is 5. The van der Waals surface area contributed by atoms with Crippen LogP contribution >= 0.6 is 15.9 Å². The third kappa shape index (κ3) is 4.01. The predicted molar refractivity (Wildman–Crippen MR) is 84.1 cm³/mol.